The molecular weight excluding hydrogens is 270 g/mol. The molecule has 114 valence electrons. The zero-order chi connectivity index (χ0) is 14.7. The summed E-state index contributed by atoms with van der Waals surface area (Å²) >= 11 is 0. The summed E-state index contributed by atoms with van der Waals surface area (Å²) in [4.78, 5) is 12.0. The van der Waals surface area contributed by atoms with Gasteiger partial charge in [0.1, 0.15) is 0 Å². The lowest BCUT2D eigenvalue weighted by Gasteiger charge is -2.19. The van der Waals surface area contributed by atoms with Crippen molar-refractivity contribution >= 4 is 5.91 Å². The summed E-state index contributed by atoms with van der Waals surface area (Å²) in [5.74, 6) is 1.60. The second kappa shape index (κ2) is 6.35. The fourth-order valence-corrected chi connectivity index (χ4v) is 2.77. The smallest absolute Gasteiger partial charge is 0.231 e. The molecule has 0 aliphatic carbocycles. The van der Waals surface area contributed by atoms with Gasteiger partial charge in [0.05, 0.1) is 12.1 Å². The minimum Gasteiger partial charge on any atom is -0.454 e. The highest BCUT2D eigenvalue weighted by molar-refractivity contribution is 5.76. The number of aryl methyl sites for hydroxylation is 1. The first-order chi connectivity index (χ1) is 10.2. The fraction of sp³-hybridized carbons (Fsp3) is 0.562. The van der Waals surface area contributed by atoms with Gasteiger partial charge in [-0.1, -0.05) is 6.07 Å². The standard InChI is InChI=1S/C16H21NO4/c1-11(13-3-2-8-19-13)17-16(18)7-5-12-4-6-14-15(9-12)21-10-20-14/h4,6,9,11,13H,2-3,5,7-8,10H2,1H3,(H,17,18). The van der Waals surface area contributed by atoms with E-state index in [2.05, 4.69) is 5.32 Å². The fourth-order valence-electron chi connectivity index (χ4n) is 2.77. The van der Waals surface area contributed by atoms with Gasteiger partial charge in [-0.05, 0) is 43.9 Å². The number of carbonyl (C=O) groups is 1. The van der Waals surface area contributed by atoms with Crippen LogP contribution in [0.25, 0.3) is 0 Å². The molecule has 5 heteroatoms. The molecule has 0 bridgehead atoms. The van der Waals surface area contributed by atoms with Crippen molar-refractivity contribution < 1.29 is 19.0 Å². The van der Waals surface area contributed by atoms with Gasteiger partial charge in [-0.15, -0.1) is 0 Å². The predicted octanol–water partition coefficient (Wildman–Crippen LogP) is 2.03. The third kappa shape index (κ3) is 3.47. The van der Waals surface area contributed by atoms with Crippen LogP contribution >= 0.6 is 0 Å². The molecule has 1 aromatic rings. The molecule has 0 radical (unpaired) electrons. The number of rotatable bonds is 5. The zero-order valence-electron chi connectivity index (χ0n) is 12.3. The van der Waals surface area contributed by atoms with Gasteiger partial charge in [0, 0.05) is 13.0 Å². The van der Waals surface area contributed by atoms with Gasteiger partial charge in [-0.25, -0.2) is 0 Å². The maximum absolute atomic E-state index is 12.0. The number of nitrogens with one attached hydrogen (secondary N) is 1. The van der Waals surface area contributed by atoms with Crippen LogP contribution in [0.3, 0.4) is 0 Å². The monoisotopic (exact) mass is 291 g/mol. The molecule has 3 rings (SSSR count). The molecule has 2 aliphatic heterocycles. The van der Waals surface area contributed by atoms with Crippen LogP contribution in [0.4, 0.5) is 0 Å². The van der Waals surface area contributed by atoms with Gasteiger partial charge < -0.3 is 19.5 Å². The Bertz CT molecular complexity index is 511. The highest BCUT2D eigenvalue weighted by Crippen LogP contribution is 2.32. The van der Waals surface area contributed by atoms with Crippen LogP contribution < -0.4 is 14.8 Å². The summed E-state index contributed by atoms with van der Waals surface area (Å²) in [6.45, 7) is 3.09. The first kappa shape index (κ1) is 14.2. The number of carbonyl (C=O) groups excluding carboxylic acids is 1. The normalized spacial score (nSPS) is 21.3. The van der Waals surface area contributed by atoms with Crippen molar-refractivity contribution in [1.82, 2.24) is 5.32 Å². The third-order valence-corrected chi connectivity index (χ3v) is 3.99. The van der Waals surface area contributed by atoms with Crippen LogP contribution in [0.2, 0.25) is 0 Å². The second-order valence-electron chi connectivity index (χ2n) is 5.60. The minimum atomic E-state index is 0.0654. The number of fused-ring (bicyclic) bond motifs is 1. The van der Waals surface area contributed by atoms with E-state index in [9.17, 15) is 4.79 Å². The van der Waals surface area contributed by atoms with Crippen LogP contribution in [0, 0.1) is 0 Å². The number of amides is 1. The van der Waals surface area contributed by atoms with Crippen LogP contribution in [0.1, 0.15) is 31.7 Å². The lowest BCUT2D eigenvalue weighted by molar-refractivity contribution is -0.122. The average molecular weight is 291 g/mol. The topological polar surface area (TPSA) is 56.8 Å². The summed E-state index contributed by atoms with van der Waals surface area (Å²) in [5, 5.41) is 3.02. The van der Waals surface area contributed by atoms with E-state index in [1.807, 2.05) is 25.1 Å². The van der Waals surface area contributed by atoms with Crippen LogP contribution in [-0.2, 0) is 16.0 Å². The van der Waals surface area contributed by atoms with Crippen molar-refractivity contribution in [3.8, 4) is 11.5 Å². The number of hydrogen-bond acceptors (Lipinski definition) is 4. The van der Waals surface area contributed by atoms with E-state index in [4.69, 9.17) is 14.2 Å². The Morgan fingerprint density at radius 1 is 1.38 bits per heavy atom. The van der Waals surface area contributed by atoms with Crippen LogP contribution in [-0.4, -0.2) is 31.5 Å². The van der Waals surface area contributed by atoms with Crippen molar-refractivity contribution in [3.63, 3.8) is 0 Å². The highest BCUT2D eigenvalue weighted by atomic mass is 16.7. The Morgan fingerprint density at radius 3 is 3.05 bits per heavy atom. The Morgan fingerprint density at radius 2 is 2.24 bits per heavy atom. The summed E-state index contributed by atoms with van der Waals surface area (Å²) in [6, 6.07) is 5.89. The quantitative estimate of drug-likeness (QED) is 0.902. The van der Waals surface area contributed by atoms with E-state index in [0.29, 0.717) is 12.8 Å². The lowest BCUT2D eigenvalue weighted by atomic mass is 10.1. The first-order valence-electron chi connectivity index (χ1n) is 7.52. The summed E-state index contributed by atoms with van der Waals surface area (Å²) in [6.07, 6.45) is 3.45. The molecule has 1 amide bonds. The molecular formula is C16H21NO4. The maximum atomic E-state index is 12.0. The molecule has 1 saturated heterocycles. The van der Waals surface area contributed by atoms with E-state index in [1.165, 1.54) is 0 Å². The van der Waals surface area contributed by atoms with Gasteiger partial charge in [-0.3, -0.25) is 4.79 Å². The molecule has 0 saturated carbocycles. The Hall–Kier alpha value is -1.75. The van der Waals surface area contributed by atoms with E-state index < -0.39 is 0 Å². The molecule has 2 aliphatic rings. The zero-order valence-corrected chi connectivity index (χ0v) is 12.3. The molecule has 21 heavy (non-hydrogen) atoms. The molecule has 2 unspecified atom stereocenters. The second-order valence-corrected chi connectivity index (χ2v) is 5.60. The molecule has 2 heterocycles. The average Bonchev–Trinajstić information content (AvgIpc) is 3.15. The maximum Gasteiger partial charge on any atom is 0.231 e. The molecule has 1 N–H and O–H groups in total. The van der Waals surface area contributed by atoms with E-state index >= 15 is 0 Å². The summed E-state index contributed by atoms with van der Waals surface area (Å²) in [7, 11) is 0. The van der Waals surface area contributed by atoms with Gasteiger partial charge >= 0.3 is 0 Å². The highest BCUT2D eigenvalue weighted by Gasteiger charge is 2.23. The van der Waals surface area contributed by atoms with Gasteiger partial charge in [0.25, 0.3) is 0 Å². The number of hydrogen-bond donors (Lipinski definition) is 1. The van der Waals surface area contributed by atoms with Crippen molar-refractivity contribution in [2.45, 2.75) is 44.8 Å². The Labute approximate surface area is 124 Å². The molecule has 0 aromatic heterocycles. The number of ether oxygens (including phenoxy) is 3. The van der Waals surface area contributed by atoms with Crippen LogP contribution in [0.15, 0.2) is 18.2 Å². The van der Waals surface area contributed by atoms with Crippen molar-refractivity contribution in [3.05, 3.63) is 23.8 Å². The predicted molar refractivity (Wildman–Crippen MR) is 77.5 cm³/mol. The molecule has 0 spiro atoms. The van der Waals surface area contributed by atoms with Gasteiger partial charge in [0.2, 0.25) is 12.7 Å². The molecule has 2 atom stereocenters. The third-order valence-electron chi connectivity index (χ3n) is 3.99. The van der Waals surface area contributed by atoms with Crippen molar-refractivity contribution in [1.29, 1.82) is 0 Å². The van der Waals surface area contributed by atoms with E-state index in [0.717, 1.165) is 36.5 Å². The largest absolute Gasteiger partial charge is 0.454 e. The first-order valence-corrected chi connectivity index (χ1v) is 7.52. The van der Waals surface area contributed by atoms with Crippen molar-refractivity contribution in [2.24, 2.45) is 0 Å². The molecule has 1 aromatic carbocycles. The summed E-state index contributed by atoms with van der Waals surface area (Å²) < 4.78 is 16.2. The van der Waals surface area contributed by atoms with E-state index in [1.54, 1.807) is 0 Å². The SMILES string of the molecule is CC(NC(=O)CCc1ccc2c(c1)OCO2)C1CCCO1. The van der Waals surface area contributed by atoms with E-state index in [-0.39, 0.29) is 24.8 Å². The lowest BCUT2D eigenvalue weighted by Crippen LogP contribution is -2.40. The Kier molecular flexibility index (Phi) is 4.29. The minimum absolute atomic E-state index is 0.0654. The van der Waals surface area contributed by atoms with Crippen LogP contribution in [0.5, 0.6) is 11.5 Å². The van der Waals surface area contributed by atoms with Crippen molar-refractivity contribution in [2.75, 3.05) is 13.4 Å². The summed E-state index contributed by atoms with van der Waals surface area (Å²) in [5.41, 5.74) is 1.08. The molecule has 5 nitrogen and oxygen atoms in total. The van der Waals surface area contributed by atoms with Gasteiger partial charge in [0.15, 0.2) is 11.5 Å². The Balaban J connectivity index is 1.47. The van der Waals surface area contributed by atoms with Gasteiger partial charge in [-0.2, -0.15) is 0 Å². The molecule has 1 fully saturated rings. The number of benzene rings is 1.